The van der Waals surface area contributed by atoms with Gasteiger partial charge in [-0.05, 0) is 62.2 Å². The first-order chi connectivity index (χ1) is 15.1. The van der Waals surface area contributed by atoms with Crippen molar-refractivity contribution in [3.05, 3.63) is 59.4 Å². The Morgan fingerprint density at radius 1 is 1.00 bits per heavy atom. The molecule has 2 aromatic heterocycles. The second kappa shape index (κ2) is 13.5. The highest BCUT2D eigenvalue weighted by atomic mass is 35.5. The Labute approximate surface area is 187 Å². The number of nitrogens with one attached hydrogen (secondary N) is 2. The van der Waals surface area contributed by atoms with Gasteiger partial charge in [-0.1, -0.05) is 17.7 Å². The number of hydrogen-bond acceptors (Lipinski definition) is 8. The molecule has 0 radical (unpaired) electrons. The van der Waals surface area contributed by atoms with Crippen LogP contribution in [-0.2, 0) is 0 Å². The van der Waals surface area contributed by atoms with Gasteiger partial charge in [0.15, 0.2) is 0 Å². The van der Waals surface area contributed by atoms with E-state index in [-0.39, 0.29) is 13.2 Å². The zero-order valence-electron chi connectivity index (χ0n) is 17.6. The first-order valence-corrected chi connectivity index (χ1v) is 10.4. The van der Waals surface area contributed by atoms with Gasteiger partial charge in [-0.25, -0.2) is 15.0 Å². The first kappa shape index (κ1) is 24.5. The van der Waals surface area contributed by atoms with E-state index in [1.165, 1.54) is 0 Å². The van der Waals surface area contributed by atoms with E-state index >= 15 is 0 Å². The normalized spacial score (nSPS) is 10.2. The third-order valence-electron chi connectivity index (χ3n) is 4.16. The molecule has 1 aromatic carbocycles. The molecule has 0 atom stereocenters. The molecule has 8 nitrogen and oxygen atoms in total. The smallest absolute Gasteiger partial charge is 0.227 e. The average Bonchev–Trinajstić information content (AvgIpc) is 2.78. The molecule has 0 unspecified atom stereocenters. The summed E-state index contributed by atoms with van der Waals surface area (Å²) in [6, 6.07) is 11.3. The summed E-state index contributed by atoms with van der Waals surface area (Å²) in [5.41, 5.74) is 8.63. The summed E-state index contributed by atoms with van der Waals surface area (Å²) in [4.78, 5) is 13.2. The second-order valence-corrected chi connectivity index (χ2v) is 7.09. The van der Waals surface area contributed by atoms with Crippen LogP contribution < -0.4 is 16.4 Å². The van der Waals surface area contributed by atoms with Crippen molar-refractivity contribution in [2.75, 3.05) is 36.9 Å². The Bertz CT molecular complexity index is 939. The van der Waals surface area contributed by atoms with Crippen molar-refractivity contribution in [3.8, 4) is 11.3 Å². The van der Waals surface area contributed by atoms with Gasteiger partial charge in [0, 0.05) is 48.4 Å². The van der Waals surface area contributed by atoms with E-state index < -0.39 is 0 Å². The lowest BCUT2D eigenvalue weighted by molar-refractivity contribution is 0.291. The number of aryl methyl sites for hydroxylation is 1. The number of anilines is 3. The van der Waals surface area contributed by atoms with Gasteiger partial charge in [0.2, 0.25) is 5.95 Å². The van der Waals surface area contributed by atoms with Crippen molar-refractivity contribution in [3.63, 3.8) is 0 Å². The van der Waals surface area contributed by atoms with Crippen molar-refractivity contribution in [1.29, 1.82) is 0 Å². The number of aromatic nitrogens is 3. The molecule has 0 saturated carbocycles. The summed E-state index contributed by atoms with van der Waals surface area (Å²) in [6.45, 7) is 3.62. The number of hydrogen-bond donors (Lipinski definition) is 5. The SMILES string of the molecule is Cc1ccc(Cl)cc1Nc1nccc(-c2ccnc(NCCCO)c2)n1.NCCCO. The van der Waals surface area contributed by atoms with Crippen LogP contribution in [0.5, 0.6) is 0 Å². The zero-order chi connectivity index (χ0) is 22.5. The van der Waals surface area contributed by atoms with E-state index in [0.717, 1.165) is 34.7 Å². The first-order valence-electron chi connectivity index (χ1n) is 10.1. The van der Waals surface area contributed by atoms with Gasteiger partial charge in [0.1, 0.15) is 5.82 Å². The van der Waals surface area contributed by atoms with E-state index in [0.29, 0.717) is 30.5 Å². The van der Waals surface area contributed by atoms with Crippen LogP contribution in [0.15, 0.2) is 48.8 Å². The molecule has 31 heavy (non-hydrogen) atoms. The minimum Gasteiger partial charge on any atom is -0.396 e. The number of nitrogens with two attached hydrogens (primary N) is 1. The molecule has 3 rings (SSSR count). The van der Waals surface area contributed by atoms with Crippen LogP contribution in [0.2, 0.25) is 5.02 Å². The fraction of sp³-hybridized carbons (Fsp3) is 0.318. The quantitative estimate of drug-likeness (QED) is 0.318. The fourth-order valence-corrected chi connectivity index (χ4v) is 2.67. The molecule has 9 heteroatoms. The maximum Gasteiger partial charge on any atom is 0.227 e. The lowest BCUT2D eigenvalue weighted by Gasteiger charge is -2.10. The number of nitrogens with zero attached hydrogens (tertiary/aromatic N) is 3. The molecule has 3 aromatic rings. The second-order valence-electron chi connectivity index (χ2n) is 6.65. The molecule has 0 aliphatic carbocycles. The molecule has 0 saturated heterocycles. The molecule has 0 aliphatic heterocycles. The Kier molecular flexibility index (Phi) is 10.7. The summed E-state index contributed by atoms with van der Waals surface area (Å²) in [5.74, 6) is 1.24. The van der Waals surface area contributed by atoms with Gasteiger partial charge in [-0.3, -0.25) is 0 Å². The highest BCUT2D eigenvalue weighted by molar-refractivity contribution is 6.30. The van der Waals surface area contributed by atoms with E-state index in [4.69, 9.17) is 27.5 Å². The van der Waals surface area contributed by atoms with Gasteiger partial charge in [0.05, 0.1) is 5.69 Å². The molecular formula is C22H29ClN6O2. The highest BCUT2D eigenvalue weighted by Gasteiger charge is 2.06. The molecule has 6 N–H and O–H groups in total. The maximum atomic E-state index is 8.87. The van der Waals surface area contributed by atoms with Crippen molar-refractivity contribution in [1.82, 2.24) is 15.0 Å². The van der Waals surface area contributed by atoms with Crippen LogP contribution in [0.1, 0.15) is 18.4 Å². The minimum absolute atomic E-state index is 0.149. The Morgan fingerprint density at radius 2 is 1.77 bits per heavy atom. The summed E-state index contributed by atoms with van der Waals surface area (Å²) < 4.78 is 0. The number of aliphatic hydroxyl groups is 2. The summed E-state index contributed by atoms with van der Waals surface area (Å²) in [6.07, 6.45) is 4.84. The third kappa shape index (κ3) is 8.47. The highest BCUT2D eigenvalue weighted by Crippen LogP contribution is 2.24. The number of pyridine rings is 1. The van der Waals surface area contributed by atoms with Gasteiger partial charge < -0.3 is 26.6 Å². The van der Waals surface area contributed by atoms with E-state index in [1.807, 2.05) is 43.3 Å². The van der Waals surface area contributed by atoms with Crippen molar-refractivity contribution in [2.45, 2.75) is 19.8 Å². The summed E-state index contributed by atoms with van der Waals surface area (Å²) in [7, 11) is 0. The molecule has 166 valence electrons. The topological polar surface area (TPSA) is 129 Å². The van der Waals surface area contributed by atoms with Gasteiger partial charge >= 0.3 is 0 Å². The monoisotopic (exact) mass is 444 g/mol. The number of rotatable bonds is 9. The molecule has 0 amide bonds. The number of benzene rings is 1. The summed E-state index contributed by atoms with van der Waals surface area (Å²) in [5, 5.41) is 23.9. The maximum absolute atomic E-state index is 8.87. The molecule has 0 bridgehead atoms. The average molecular weight is 445 g/mol. The van der Waals surface area contributed by atoms with Crippen LogP contribution in [0, 0.1) is 6.92 Å². The number of halogens is 1. The summed E-state index contributed by atoms with van der Waals surface area (Å²) >= 11 is 6.07. The van der Waals surface area contributed by atoms with Crippen LogP contribution in [0.25, 0.3) is 11.3 Å². The molecule has 2 heterocycles. The Hall–Kier alpha value is -2.78. The van der Waals surface area contributed by atoms with E-state index in [9.17, 15) is 0 Å². The fourth-order valence-electron chi connectivity index (χ4n) is 2.50. The lowest BCUT2D eigenvalue weighted by Crippen LogP contribution is -2.05. The number of aliphatic hydroxyl groups excluding tert-OH is 2. The van der Waals surface area contributed by atoms with E-state index in [1.54, 1.807) is 12.4 Å². The molecule has 0 aliphatic rings. The van der Waals surface area contributed by atoms with Crippen LogP contribution in [-0.4, -0.2) is 51.5 Å². The zero-order valence-corrected chi connectivity index (χ0v) is 18.3. The van der Waals surface area contributed by atoms with Gasteiger partial charge in [-0.2, -0.15) is 0 Å². The molecule has 0 fully saturated rings. The van der Waals surface area contributed by atoms with Crippen LogP contribution in [0.4, 0.5) is 17.5 Å². The predicted octanol–water partition coefficient (Wildman–Crippen LogP) is 3.37. The van der Waals surface area contributed by atoms with Crippen molar-refractivity contribution in [2.24, 2.45) is 5.73 Å². The molecular weight excluding hydrogens is 416 g/mol. The predicted molar refractivity (Wildman–Crippen MR) is 126 cm³/mol. The largest absolute Gasteiger partial charge is 0.396 e. The van der Waals surface area contributed by atoms with E-state index in [2.05, 4.69) is 25.6 Å². The standard InChI is InChI=1S/C19H20ClN5O.C3H9NO/c1-13-3-4-15(20)12-17(13)25-19-23-9-6-16(24-19)14-5-8-22-18(11-14)21-7-2-10-26;4-2-1-3-5/h3-6,8-9,11-12,26H,2,7,10H2,1H3,(H,21,22)(H,23,24,25);5H,1-4H2. The van der Waals surface area contributed by atoms with Gasteiger partial charge in [0.25, 0.3) is 0 Å². The molecule has 0 spiro atoms. The Morgan fingerprint density at radius 3 is 2.48 bits per heavy atom. The third-order valence-corrected chi connectivity index (χ3v) is 4.40. The van der Waals surface area contributed by atoms with Gasteiger partial charge in [-0.15, -0.1) is 0 Å². The van der Waals surface area contributed by atoms with Crippen molar-refractivity contribution < 1.29 is 10.2 Å². The van der Waals surface area contributed by atoms with Crippen molar-refractivity contribution >= 4 is 29.1 Å². The van der Waals surface area contributed by atoms with Crippen LogP contribution >= 0.6 is 11.6 Å². The van der Waals surface area contributed by atoms with Crippen LogP contribution in [0.3, 0.4) is 0 Å². The minimum atomic E-state index is 0.149. The Balaban J connectivity index is 0.000000614. The lowest BCUT2D eigenvalue weighted by atomic mass is 10.2.